The first-order chi connectivity index (χ1) is 39.4. The van der Waals surface area contributed by atoms with Crippen LogP contribution in [0.15, 0.2) is 147 Å². The third kappa shape index (κ3) is 57.5. The minimum atomic E-state index is -1.75. The average molecular weight is 1310 g/mol. The Hall–Kier alpha value is -11.2. The van der Waals surface area contributed by atoms with Crippen LogP contribution in [0.3, 0.4) is 0 Å². The summed E-state index contributed by atoms with van der Waals surface area (Å²) in [6, 6.07) is 26.8. The van der Waals surface area contributed by atoms with E-state index in [0.717, 1.165) is 25.6 Å². The number of carbonyl (C=O) groups is 8. The molecule has 0 atom stereocenters. The van der Waals surface area contributed by atoms with Gasteiger partial charge in [-0.15, -0.1) is 0 Å². The van der Waals surface area contributed by atoms with Gasteiger partial charge in [-0.2, -0.15) is 0 Å². The standard InChI is InChI=1S/2C18H14N4O2.4C3H7NO.4NO3.2Zn/c2*23-17(21-15-3-1-9-19-11-15)13-5-7-14(8-6-13)18(24)22-16-4-2-10-20-12-16;4*1-4(2)3-5;4*2-1(3)4;;/h2*1-12H,(H,21,23)(H,22,24);4*3H,1-2H3;;;;;;/q;;;;;;4*-1;2*+2. The maximum absolute atomic E-state index is 12.1. The van der Waals surface area contributed by atoms with Crippen LogP contribution in [0.1, 0.15) is 41.4 Å². The normalized spacial score (nSPS) is 8.28. The van der Waals surface area contributed by atoms with E-state index in [4.69, 9.17) is 61.3 Å². The molecule has 4 heterocycles. The van der Waals surface area contributed by atoms with E-state index >= 15 is 0 Å². The van der Waals surface area contributed by atoms with Crippen LogP contribution < -0.4 is 21.3 Å². The van der Waals surface area contributed by atoms with Gasteiger partial charge in [-0.05, 0) is 97.1 Å². The number of nitrogens with zero attached hydrogens (tertiary/aromatic N) is 12. The van der Waals surface area contributed by atoms with Crippen molar-refractivity contribution >= 4 is 72.0 Å². The van der Waals surface area contributed by atoms with Crippen LogP contribution in [-0.4, -0.2) is 166 Å². The van der Waals surface area contributed by atoms with Crippen LogP contribution in [0.4, 0.5) is 22.7 Å². The van der Waals surface area contributed by atoms with E-state index < -0.39 is 20.3 Å². The number of carbonyl (C=O) groups excluding carboxylic acids is 8. The predicted molar refractivity (Wildman–Crippen MR) is 302 cm³/mol. The van der Waals surface area contributed by atoms with Gasteiger partial charge in [-0.3, -0.25) is 58.3 Å². The van der Waals surface area contributed by atoms with Crippen molar-refractivity contribution in [2.75, 3.05) is 77.6 Å². The molecule has 0 spiro atoms. The molecule has 452 valence electrons. The first kappa shape index (κ1) is 86.1. The second-order valence-corrected chi connectivity index (χ2v) is 15.1. The summed E-state index contributed by atoms with van der Waals surface area (Å²) in [5.74, 6) is -1.05. The quantitative estimate of drug-likeness (QED) is 0.0585. The molecule has 0 saturated carbocycles. The predicted octanol–water partition coefficient (Wildman–Crippen LogP) is 3.82. The van der Waals surface area contributed by atoms with Gasteiger partial charge in [0.25, 0.3) is 23.6 Å². The minimum Gasteiger partial charge on any atom is -0.356 e. The molecule has 0 unspecified atom stereocenters. The summed E-state index contributed by atoms with van der Waals surface area (Å²) >= 11 is 0. The summed E-state index contributed by atoms with van der Waals surface area (Å²) in [5, 5.41) is 69.9. The molecule has 38 heteroatoms. The zero-order chi connectivity index (χ0) is 65.0. The molecule has 0 aliphatic rings. The number of hydrogen-bond donors (Lipinski definition) is 4. The van der Waals surface area contributed by atoms with Gasteiger partial charge in [0.15, 0.2) is 0 Å². The van der Waals surface area contributed by atoms with Crippen molar-refractivity contribution in [3.05, 3.63) is 230 Å². The maximum atomic E-state index is 12.1. The largest absolute Gasteiger partial charge is 2.00 e. The number of pyridine rings is 4. The Kier molecular flexibility index (Phi) is 54.5. The number of nitrogens with one attached hydrogen (secondary N) is 4. The number of aromatic nitrogens is 4. The van der Waals surface area contributed by atoms with E-state index in [9.17, 15) is 38.4 Å². The minimum absolute atomic E-state index is 0. The van der Waals surface area contributed by atoms with Gasteiger partial charge < -0.3 is 102 Å². The second-order valence-electron chi connectivity index (χ2n) is 15.1. The van der Waals surface area contributed by atoms with Crippen molar-refractivity contribution in [3.63, 3.8) is 0 Å². The van der Waals surface area contributed by atoms with Crippen LogP contribution in [0.2, 0.25) is 0 Å². The molecule has 0 bridgehead atoms. The summed E-state index contributed by atoms with van der Waals surface area (Å²) in [4.78, 5) is 141. The molecule has 6 rings (SSSR count). The molecule has 2 aromatic carbocycles. The second kappa shape index (κ2) is 54.4. The smallest absolute Gasteiger partial charge is 0.356 e. The molecule has 4 N–H and O–H groups in total. The van der Waals surface area contributed by atoms with Crippen LogP contribution >= 0.6 is 0 Å². The van der Waals surface area contributed by atoms with Crippen LogP contribution in [-0.2, 0) is 58.1 Å². The zero-order valence-corrected chi connectivity index (χ0v) is 53.0. The zero-order valence-electron chi connectivity index (χ0n) is 47.1. The van der Waals surface area contributed by atoms with E-state index in [2.05, 4.69) is 41.2 Å². The molecular formula is C48H56N16O20Zn2. The first-order valence-corrected chi connectivity index (χ1v) is 22.2. The fourth-order valence-corrected chi connectivity index (χ4v) is 4.11. The maximum Gasteiger partial charge on any atom is 2.00 e. The molecular weight excluding hydrogens is 1250 g/mol. The summed E-state index contributed by atoms with van der Waals surface area (Å²) in [5.41, 5.74) is 4.27. The van der Waals surface area contributed by atoms with Gasteiger partial charge >= 0.3 is 39.0 Å². The number of hydrogen-bond acceptors (Lipinski definition) is 24. The van der Waals surface area contributed by atoms with E-state index in [1.54, 1.807) is 203 Å². The molecule has 0 aliphatic heterocycles. The summed E-state index contributed by atoms with van der Waals surface area (Å²) in [7, 11) is 13.5. The van der Waals surface area contributed by atoms with Gasteiger partial charge in [0.05, 0.1) is 67.9 Å². The Balaban J connectivity index is -0.000000237. The number of amides is 8. The first-order valence-electron chi connectivity index (χ1n) is 22.2. The monoisotopic (exact) mass is 1300 g/mol. The van der Waals surface area contributed by atoms with E-state index in [1.807, 2.05) is 0 Å². The Labute approximate surface area is 514 Å². The average Bonchev–Trinajstić information content (AvgIpc) is 3.45. The van der Waals surface area contributed by atoms with E-state index in [-0.39, 0.29) is 62.6 Å². The van der Waals surface area contributed by atoms with Crippen molar-refractivity contribution < 1.29 is 97.7 Å². The molecule has 0 aliphatic carbocycles. The Bertz CT molecular complexity index is 2460. The Morgan fingerprint density at radius 1 is 0.337 bits per heavy atom. The van der Waals surface area contributed by atoms with Crippen molar-refractivity contribution in [2.24, 2.45) is 0 Å². The topological polar surface area (TPSA) is 514 Å². The molecule has 0 radical (unpaired) electrons. The molecule has 8 amide bonds. The van der Waals surface area contributed by atoms with Crippen molar-refractivity contribution in [1.82, 2.24) is 39.5 Å². The van der Waals surface area contributed by atoms with E-state index in [1.165, 1.54) is 19.6 Å². The molecule has 0 fully saturated rings. The molecule has 4 aromatic heterocycles. The van der Waals surface area contributed by atoms with Gasteiger partial charge in [0.2, 0.25) is 25.6 Å². The van der Waals surface area contributed by atoms with Gasteiger partial charge in [-0.1, -0.05) is 0 Å². The third-order valence-corrected chi connectivity index (χ3v) is 7.34. The molecule has 6 aromatic rings. The number of rotatable bonds is 12. The van der Waals surface area contributed by atoms with Crippen molar-refractivity contribution in [2.45, 2.75) is 0 Å². The molecule has 0 saturated heterocycles. The SMILES string of the molecule is CN(C)C=O.CN(C)C=O.CN(C)C=O.CN(C)C=O.O=C(Nc1cccnc1)c1ccc(C(=O)Nc2cccnc2)cc1.O=C(Nc1cccnc1)c1ccc(C(=O)Nc2cccnc2)cc1.O=[N+]([O-])[O-].O=[N+]([O-])[O-].O=[N+]([O-])[O-].O=[N+]([O-])[O-].[Zn+2].[Zn+2]. The van der Waals surface area contributed by atoms with Gasteiger partial charge in [-0.25, -0.2) is 0 Å². The summed E-state index contributed by atoms with van der Waals surface area (Å²) in [6.07, 6.45) is 15.8. The molecule has 36 nitrogen and oxygen atoms in total. The fraction of sp³-hybridized carbons (Fsp3) is 0.167. The van der Waals surface area contributed by atoms with Crippen molar-refractivity contribution in [3.8, 4) is 0 Å². The van der Waals surface area contributed by atoms with Gasteiger partial charge in [0.1, 0.15) is 0 Å². The number of anilines is 4. The molecule has 86 heavy (non-hydrogen) atoms. The Morgan fingerprint density at radius 3 is 0.558 bits per heavy atom. The van der Waals surface area contributed by atoms with Crippen molar-refractivity contribution in [1.29, 1.82) is 0 Å². The van der Waals surface area contributed by atoms with Crippen LogP contribution in [0.25, 0.3) is 0 Å². The van der Waals surface area contributed by atoms with Crippen LogP contribution in [0, 0.1) is 61.3 Å². The Morgan fingerprint density at radius 2 is 0.465 bits per heavy atom. The summed E-state index contributed by atoms with van der Waals surface area (Å²) in [6.45, 7) is 0. The van der Waals surface area contributed by atoms with Gasteiger partial charge in [0, 0.05) is 103 Å². The fourth-order valence-electron chi connectivity index (χ4n) is 4.11. The van der Waals surface area contributed by atoms with E-state index in [0.29, 0.717) is 45.0 Å². The summed E-state index contributed by atoms with van der Waals surface area (Å²) < 4.78 is 0. The van der Waals surface area contributed by atoms with Crippen LogP contribution in [0.5, 0.6) is 0 Å². The third-order valence-electron chi connectivity index (χ3n) is 7.34. The number of benzene rings is 2.